The van der Waals surface area contributed by atoms with Crippen LogP contribution in [0.5, 0.6) is 0 Å². The Morgan fingerprint density at radius 2 is 2.07 bits per heavy atom. The highest BCUT2D eigenvalue weighted by Crippen LogP contribution is 2.32. The van der Waals surface area contributed by atoms with Crippen LogP contribution in [0.25, 0.3) is 0 Å². The van der Waals surface area contributed by atoms with Gasteiger partial charge in [0.15, 0.2) is 0 Å². The van der Waals surface area contributed by atoms with Gasteiger partial charge in [0, 0.05) is 5.92 Å². The molecule has 0 radical (unpaired) electrons. The number of rotatable bonds is 2. The Bertz CT molecular complexity index is 371. The van der Waals surface area contributed by atoms with Crippen LogP contribution in [0.15, 0.2) is 24.3 Å². The lowest BCUT2D eigenvalue weighted by Crippen LogP contribution is -2.30. The lowest BCUT2D eigenvalue weighted by molar-refractivity contribution is 0.0166. The molecule has 1 aliphatic heterocycles. The highest BCUT2D eigenvalue weighted by Gasteiger charge is 2.31. The quantitative estimate of drug-likeness (QED) is 0.692. The van der Waals surface area contributed by atoms with Crippen molar-refractivity contribution in [3.8, 4) is 0 Å². The number of carbonyl (C=O) groups excluding carboxylic acids is 1. The van der Waals surface area contributed by atoms with Gasteiger partial charge in [-0.05, 0) is 18.1 Å². The smallest absolute Gasteiger partial charge is 0.338 e. The van der Waals surface area contributed by atoms with Gasteiger partial charge < -0.3 is 4.74 Å². The fraction of sp³-hybridized carbons (Fsp3) is 0.462. The Morgan fingerprint density at radius 1 is 1.33 bits per heavy atom. The lowest BCUT2D eigenvalue weighted by atomic mass is 9.87. The summed E-state index contributed by atoms with van der Waals surface area (Å²) in [5, 5.41) is 0. The van der Waals surface area contributed by atoms with E-state index in [1.807, 2.05) is 24.3 Å². The summed E-state index contributed by atoms with van der Waals surface area (Å²) in [6.45, 7) is 4.24. The molecule has 0 fully saturated rings. The predicted molar refractivity (Wildman–Crippen MR) is 59.0 cm³/mol. The molecule has 15 heavy (non-hydrogen) atoms. The Hall–Kier alpha value is -1.31. The summed E-state index contributed by atoms with van der Waals surface area (Å²) in [6, 6.07) is 7.74. The molecule has 1 aromatic carbocycles. The van der Waals surface area contributed by atoms with Gasteiger partial charge in [-0.3, -0.25) is 0 Å². The van der Waals surface area contributed by atoms with Gasteiger partial charge in [0.25, 0.3) is 0 Å². The summed E-state index contributed by atoms with van der Waals surface area (Å²) in [5.41, 5.74) is 1.87. The minimum atomic E-state index is -0.165. The van der Waals surface area contributed by atoms with Crippen molar-refractivity contribution in [2.75, 3.05) is 0 Å². The van der Waals surface area contributed by atoms with Crippen molar-refractivity contribution in [3.63, 3.8) is 0 Å². The summed E-state index contributed by atoms with van der Waals surface area (Å²) in [6.07, 6.45) is 2.04. The SMILES string of the molecule is CCCC1OC(=O)c2ccccc2C1C. The van der Waals surface area contributed by atoms with Crippen molar-refractivity contribution in [1.29, 1.82) is 0 Å². The Kier molecular flexibility index (Phi) is 2.76. The van der Waals surface area contributed by atoms with Crippen LogP contribution in [0.3, 0.4) is 0 Å². The molecule has 1 aliphatic rings. The molecule has 80 valence electrons. The van der Waals surface area contributed by atoms with Crippen molar-refractivity contribution in [3.05, 3.63) is 35.4 Å². The van der Waals surface area contributed by atoms with Gasteiger partial charge >= 0.3 is 5.97 Å². The third kappa shape index (κ3) is 1.76. The molecule has 0 N–H and O–H groups in total. The number of hydrogen-bond donors (Lipinski definition) is 0. The summed E-state index contributed by atoms with van der Waals surface area (Å²) >= 11 is 0. The normalized spacial score (nSPS) is 24.5. The summed E-state index contributed by atoms with van der Waals surface area (Å²) in [7, 11) is 0. The second-order valence-electron chi connectivity index (χ2n) is 4.11. The minimum Gasteiger partial charge on any atom is -0.458 e. The zero-order valence-corrected chi connectivity index (χ0v) is 9.19. The van der Waals surface area contributed by atoms with E-state index in [-0.39, 0.29) is 12.1 Å². The molecular formula is C13H16O2. The van der Waals surface area contributed by atoms with Gasteiger partial charge in [-0.15, -0.1) is 0 Å². The predicted octanol–water partition coefficient (Wildman–Crippen LogP) is 3.13. The first-order valence-electron chi connectivity index (χ1n) is 5.54. The summed E-state index contributed by atoms with van der Waals surface area (Å²) < 4.78 is 5.43. The van der Waals surface area contributed by atoms with Gasteiger partial charge in [-0.2, -0.15) is 0 Å². The van der Waals surface area contributed by atoms with E-state index in [1.54, 1.807) is 0 Å². The maximum absolute atomic E-state index is 11.7. The molecule has 2 unspecified atom stereocenters. The zero-order chi connectivity index (χ0) is 10.8. The van der Waals surface area contributed by atoms with Crippen molar-refractivity contribution in [1.82, 2.24) is 0 Å². The van der Waals surface area contributed by atoms with Gasteiger partial charge in [-0.25, -0.2) is 4.79 Å². The van der Waals surface area contributed by atoms with Crippen molar-refractivity contribution in [2.24, 2.45) is 0 Å². The van der Waals surface area contributed by atoms with Gasteiger partial charge in [0.05, 0.1) is 5.56 Å². The van der Waals surface area contributed by atoms with Crippen LogP contribution in [-0.4, -0.2) is 12.1 Å². The number of ether oxygens (including phenoxy) is 1. The van der Waals surface area contributed by atoms with Crippen molar-refractivity contribution in [2.45, 2.75) is 38.7 Å². The maximum atomic E-state index is 11.7. The van der Waals surface area contributed by atoms with Crippen molar-refractivity contribution < 1.29 is 9.53 Å². The molecule has 2 atom stereocenters. The molecule has 0 aromatic heterocycles. The fourth-order valence-electron chi connectivity index (χ4n) is 2.18. The van der Waals surface area contributed by atoms with E-state index in [4.69, 9.17) is 4.74 Å². The number of hydrogen-bond acceptors (Lipinski definition) is 2. The largest absolute Gasteiger partial charge is 0.458 e. The zero-order valence-electron chi connectivity index (χ0n) is 9.19. The number of esters is 1. The fourth-order valence-corrected chi connectivity index (χ4v) is 2.18. The molecule has 1 aromatic rings. The van der Waals surface area contributed by atoms with Crippen LogP contribution in [0.2, 0.25) is 0 Å². The van der Waals surface area contributed by atoms with Crippen molar-refractivity contribution >= 4 is 5.97 Å². The molecule has 0 aliphatic carbocycles. The van der Waals surface area contributed by atoms with Crippen LogP contribution in [0.4, 0.5) is 0 Å². The molecule has 1 heterocycles. The molecule has 0 saturated heterocycles. The van der Waals surface area contributed by atoms with E-state index in [0.717, 1.165) is 24.0 Å². The first-order chi connectivity index (χ1) is 7.24. The summed E-state index contributed by atoms with van der Waals surface area (Å²) in [4.78, 5) is 11.7. The van der Waals surface area contributed by atoms with Crippen LogP contribution < -0.4 is 0 Å². The van der Waals surface area contributed by atoms with Crippen LogP contribution in [0.1, 0.15) is 48.5 Å². The van der Waals surface area contributed by atoms with Gasteiger partial charge in [0.2, 0.25) is 0 Å². The van der Waals surface area contributed by atoms with E-state index in [9.17, 15) is 4.79 Å². The van der Waals surface area contributed by atoms with Gasteiger partial charge in [0.1, 0.15) is 6.10 Å². The highest BCUT2D eigenvalue weighted by atomic mass is 16.5. The number of cyclic esters (lactones) is 1. The van der Waals surface area contributed by atoms with Gasteiger partial charge in [-0.1, -0.05) is 38.5 Å². The van der Waals surface area contributed by atoms with E-state index >= 15 is 0 Å². The Labute approximate surface area is 90.3 Å². The number of fused-ring (bicyclic) bond motifs is 1. The molecule has 2 rings (SSSR count). The van der Waals surface area contributed by atoms with E-state index in [0.29, 0.717) is 5.92 Å². The third-order valence-electron chi connectivity index (χ3n) is 3.06. The standard InChI is InChI=1S/C13H16O2/c1-3-6-12-9(2)10-7-4-5-8-11(10)13(14)15-12/h4-5,7-9,12H,3,6H2,1-2H3. The van der Waals surface area contributed by atoms with Crippen LogP contribution in [-0.2, 0) is 4.74 Å². The average molecular weight is 204 g/mol. The third-order valence-corrected chi connectivity index (χ3v) is 3.06. The molecule has 0 bridgehead atoms. The second kappa shape index (κ2) is 4.05. The topological polar surface area (TPSA) is 26.3 Å². The first kappa shape index (κ1) is 10.2. The Morgan fingerprint density at radius 3 is 2.80 bits per heavy atom. The average Bonchev–Trinajstić information content (AvgIpc) is 2.26. The van der Waals surface area contributed by atoms with E-state index < -0.39 is 0 Å². The molecule has 2 nitrogen and oxygen atoms in total. The number of benzene rings is 1. The minimum absolute atomic E-state index is 0.0531. The lowest BCUT2D eigenvalue weighted by Gasteiger charge is -2.30. The molecule has 0 saturated carbocycles. The molecule has 2 heteroatoms. The monoisotopic (exact) mass is 204 g/mol. The van der Waals surface area contributed by atoms with Crippen LogP contribution in [0, 0.1) is 0 Å². The second-order valence-corrected chi connectivity index (χ2v) is 4.11. The molecule has 0 spiro atoms. The maximum Gasteiger partial charge on any atom is 0.338 e. The van der Waals surface area contributed by atoms with Crippen LogP contribution >= 0.6 is 0 Å². The molecular weight excluding hydrogens is 188 g/mol. The van der Waals surface area contributed by atoms with E-state index in [1.165, 1.54) is 0 Å². The first-order valence-corrected chi connectivity index (χ1v) is 5.54. The number of carbonyl (C=O) groups is 1. The summed E-state index contributed by atoms with van der Waals surface area (Å²) in [5.74, 6) is 0.154. The molecule has 0 amide bonds. The highest BCUT2D eigenvalue weighted by molar-refractivity contribution is 5.92. The van der Waals surface area contributed by atoms with E-state index in [2.05, 4.69) is 13.8 Å². The Balaban J connectivity index is 2.35.